The lowest BCUT2D eigenvalue weighted by Crippen LogP contribution is -2.20. The highest BCUT2D eigenvalue weighted by atomic mass is 31.2. The van der Waals surface area contributed by atoms with Crippen LogP contribution in [0.4, 0.5) is 0 Å². The number of hydrogen-bond acceptors (Lipinski definition) is 2. The second kappa shape index (κ2) is 5.97. The van der Waals surface area contributed by atoms with Crippen molar-refractivity contribution < 1.29 is 8.98 Å². The lowest BCUT2D eigenvalue weighted by molar-refractivity contribution is 0.593. The molecule has 2 nitrogen and oxygen atoms in total. The summed E-state index contributed by atoms with van der Waals surface area (Å²) < 4.78 is 21.3. The Morgan fingerprint density at radius 3 is 2.10 bits per heavy atom. The van der Waals surface area contributed by atoms with E-state index in [9.17, 15) is 4.57 Å². The van der Waals surface area contributed by atoms with Gasteiger partial charge in [0, 0.05) is 37.8 Å². The Balaban J connectivity index is 1.73. The summed E-state index contributed by atoms with van der Waals surface area (Å²) in [6, 6.07) is 34.6. The molecule has 1 unspecified atom stereocenters. The van der Waals surface area contributed by atoms with E-state index in [-0.39, 0.29) is 0 Å². The molecule has 7 rings (SSSR count). The molecule has 0 saturated carbocycles. The fraction of sp³-hybridized carbons (Fsp3) is 0. The summed E-state index contributed by atoms with van der Waals surface area (Å²) in [5.74, 6) is 0. The molecular weight excluding hydrogens is 399 g/mol. The van der Waals surface area contributed by atoms with Crippen LogP contribution in [0.25, 0.3) is 43.8 Å². The van der Waals surface area contributed by atoms with Gasteiger partial charge in [-0.3, -0.25) is 0 Å². The van der Waals surface area contributed by atoms with Crippen molar-refractivity contribution in [3.63, 3.8) is 0 Å². The van der Waals surface area contributed by atoms with Crippen molar-refractivity contribution in [2.75, 3.05) is 0 Å². The Morgan fingerprint density at radius 1 is 0.548 bits per heavy atom. The van der Waals surface area contributed by atoms with Crippen molar-refractivity contribution in [1.29, 1.82) is 0 Å². The maximum atomic E-state index is 14.9. The zero-order chi connectivity index (χ0) is 20.6. The predicted octanol–water partition coefficient (Wildman–Crippen LogP) is 6.36. The van der Waals surface area contributed by atoms with Gasteiger partial charge in [-0.25, -0.2) is 0 Å². The van der Waals surface area contributed by atoms with E-state index in [2.05, 4.69) is 42.5 Å². The van der Waals surface area contributed by atoms with E-state index < -0.39 is 7.14 Å². The van der Waals surface area contributed by atoms with Gasteiger partial charge in [-0.2, -0.15) is 0 Å². The number of rotatable bonds is 1. The van der Waals surface area contributed by atoms with Crippen LogP contribution in [0.15, 0.2) is 108 Å². The lowest BCUT2D eigenvalue weighted by atomic mass is 9.97. The van der Waals surface area contributed by atoms with Crippen molar-refractivity contribution >= 4 is 55.8 Å². The fourth-order valence-corrected chi connectivity index (χ4v) is 8.17. The van der Waals surface area contributed by atoms with Gasteiger partial charge in [0.05, 0.1) is 0 Å². The summed E-state index contributed by atoms with van der Waals surface area (Å²) in [5, 5.41) is 7.04. The highest BCUT2D eigenvalue weighted by molar-refractivity contribution is 7.86. The van der Waals surface area contributed by atoms with Gasteiger partial charge in [-0.15, -0.1) is 0 Å². The highest BCUT2D eigenvalue weighted by Crippen LogP contribution is 2.56. The zero-order valence-electron chi connectivity index (χ0n) is 16.6. The average Bonchev–Trinajstić information content (AvgIpc) is 3.34. The van der Waals surface area contributed by atoms with Crippen molar-refractivity contribution in [1.82, 2.24) is 0 Å². The van der Waals surface area contributed by atoms with Crippen molar-refractivity contribution in [3.8, 4) is 11.1 Å². The first-order valence-electron chi connectivity index (χ1n) is 10.4. The minimum Gasteiger partial charge on any atom is -0.455 e. The van der Waals surface area contributed by atoms with E-state index in [1.54, 1.807) is 0 Å². The van der Waals surface area contributed by atoms with E-state index in [4.69, 9.17) is 4.42 Å². The van der Waals surface area contributed by atoms with Crippen LogP contribution in [0.1, 0.15) is 0 Å². The Labute approximate surface area is 179 Å². The molecule has 0 amide bonds. The summed E-state index contributed by atoms with van der Waals surface area (Å²) in [5.41, 5.74) is 3.71. The first kappa shape index (κ1) is 17.1. The third kappa shape index (κ3) is 2.10. The van der Waals surface area contributed by atoms with Crippen molar-refractivity contribution in [2.24, 2.45) is 0 Å². The molecule has 5 aromatic carbocycles. The monoisotopic (exact) mass is 416 g/mol. The van der Waals surface area contributed by atoms with Gasteiger partial charge in [-0.1, -0.05) is 78.9 Å². The maximum Gasteiger partial charge on any atom is 0.172 e. The van der Waals surface area contributed by atoms with Gasteiger partial charge in [0.2, 0.25) is 0 Å². The first-order valence-corrected chi connectivity index (χ1v) is 12.1. The molecular formula is C28H17O2P. The minimum absolute atomic E-state index is 0.824. The molecule has 0 aliphatic carbocycles. The smallest absolute Gasteiger partial charge is 0.172 e. The average molecular weight is 416 g/mol. The molecule has 0 bridgehead atoms. The Hall–Kier alpha value is -3.61. The van der Waals surface area contributed by atoms with Crippen LogP contribution in [0, 0.1) is 0 Å². The van der Waals surface area contributed by atoms with E-state index in [1.807, 2.05) is 60.7 Å². The third-order valence-electron chi connectivity index (χ3n) is 6.48. The molecule has 2 heterocycles. The molecule has 1 aliphatic heterocycles. The first-order chi connectivity index (χ1) is 15.3. The van der Waals surface area contributed by atoms with Gasteiger partial charge < -0.3 is 8.98 Å². The SMILES string of the molecule is O=P1(c2ccccc2)c2ccc3ccccc3c2-c2c1ccc1c2oc2ccccc21. The van der Waals surface area contributed by atoms with E-state index in [1.165, 1.54) is 0 Å². The second-order valence-electron chi connectivity index (χ2n) is 8.06. The van der Waals surface area contributed by atoms with Crippen molar-refractivity contribution in [2.45, 2.75) is 0 Å². The molecule has 146 valence electrons. The molecule has 0 N–H and O–H groups in total. The van der Waals surface area contributed by atoms with Gasteiger partial charge in [0.15, 0.2) is 7.14 Å². The molecule has 6 aromatic rings. The fourth-order valence-electron chi connectivity index (χ4n) is 5.11. The summed E-state index contributed by atoms with van der Waals surface area (Å²) in [7, 11) is -3.01. The van der Waals surface area contributed by atoms with Crippen LogP contribution in [0.2, 0.25) is 0 Å². The molecule has 0 fully saturated rings. The molecule has 0 radical (unpaired) electrons. The normalized spacial score (nSPS) is 17.3. The topological polar surface area (TPSA) is 30.2 Å². The van der Waals surface area contributed by atoms with E-state index >= 15 is 0 Å². The van der Waals surface area contributed by atoms with Crippen LogP contribution in [0.5, 0.6) is 0 Å². The lowest BCUT2D eigenvalue weighted by Gasteiger charge is -2.15. The van der Waals surface area contributed by atoms with Crippen LogP contribution in [0.3, 0.4) is 0 Å². The summed E-state index contributed by atoms with van der Waals surface area (Å²) in [6.07, 6.45) is 0. The number of hydrogen-bond donors (Lipinski definition) is 0. The standard InChI is InChI=1S/C28H17O2P/c29-31(19-9-2-1-3-10-19)24-16-14-18-8-4-5-11-20(18)26(24)27-25(31)17-15-22-21-12-6-7-13-23(21)30-28(22)27/h1-17H. The second-order valence-corrected chi connectivity index (χ2v) is 10.8. The van der Waals surface area contributed by atoms with Gasteiger partial charge in [0.1, 0.15) is 11.2 Å². The largest absolute Gasteiger partial charge is 0.455 e. The van der Waals surface area contributed by atoms with Crippen LogP contribution in [-0.2, 0) is 4.57 Å². The molecule has 1 atom stereocenters. The van der Waals surface area contributed by atoms with Gasteiger partial charge >= 0.3 is 0 Å². The van der Waals surface area contributed by atoms with Crippen LogP contribution < -0.4 is 15.9 Å². The van der Waals surface area contributed by atoms with E-state index in [0.29, 0.717) is 0 Å². The van der Waals surface area contributed by atoms with Gasteiger partial charge in [-0.05, 0) is 35.0 Å². The Bertz CT molecular complexity index is 1710. The number of furan rings is 1. The van der Waals surface area contributed by atoms with Crippen molar-refractivity contribution in [3.05, 3.63) is 103 Å². The zero-order valence-corrected chi connectivity index (χ0v) is 17.5. The van der Waals surface area contributed by atoms with Crippen LogP contribution in [-0.4, -0.2) is 0 Å². The number of benzene rings is 5. The number of para-hydroxylation sites is 1. The summed E-state index contributed by atoms with van der Waals surface area (Å²) >= 11 is 0. The van der Waals surface area contributed by atoms with Crippen LogP contribution >= 0.6 is 7.14 Å². The quantitative estimate of drug-likeness (QED) is 0.292. The Morgan fingerprint density at radius 2 is 1.23 bits per heavy atom. The number of fused-ring (bicyclic) bond motifs is 9. The molecule has 31 heavy (non-hydrogen) atoms. The highest BCUT2D eigenvalue weighted by Gasteiger charge is 2.42. The molecule has 1 aliphatic rings. The third-order valence-corrected chi connectivity index (χ3v) is 9.61. The summed E-state index contributed by atoms with van der Waals surface area (Å²) in [4.78, 5) is 0. The molecule has 1 aromatic heterocycles. The predicted molar refractivity (Wildman–Crippen MR) is 130 cm³/mol. The van der Waals surface area contributed by atoms with Gasteiger partial charge in [0.25, 0.3) is 0 Å². The summed E-state index contributed by atoms with van der Waals surface area (Å²) in [6.45, 7) is 0. The molecule has 3 heteroatoms. The maximum absolute atomic E-state index is 14.9. The van der Waals surface area contributed by atoms with E-state index in [0.717, 1.165) is 59.8 Å². The Kier molecular flexibility index (Phi) is 3.29. The molecule has 0 saturated heterocycles. The molecule has 0 spiro atoms. The minimum atomic E-state index is -3.01.